The van der Waals surface area contributed by atoms with E-state index >= 15 is 0 Å². The lowest BCUT2D eigenvalue weighted by Gasteiger charge is -2.50. The number of rotatable bonds is 7. The zero-order chi connectivity index (χ0) is 28.0. The molecule has 0 fully saturated rings. The maximum Gasteiger partial charge on any atom is 0.276 e. The maximum absolute atomic E-state index is 14.6. The number of amides is 1. The average molecular weight is 527 g/mol. The fraction of sp³-hybridized carbons (Fsp3) is 0.517. The van der Waals surface area contributed by atoms with Crippen molar-refractivity contribution in [3.63, 3.8) is 0 Å². The third kappa shape index (κ3) is 4.61. The summed E-state index contributed by atoms with van der Waals surface area (Å²) in [6, 6.07) is 5.19. The molecule has 2 aromatic heterocycles. The smallest absolute Gasteiger partial charge is 0.276 e. The summed E-state index contributed by atoms with van der Waals surface area (Å²) < 4.78 is 34.5. The Morgan fingerprint density at radius 2 is 1.89 bits per heavy atom. The van der Waals surface area contributed by atoms with E-state index in [0.29, 0.717) is 6.54 Å². The van der Waals surface area contributed by atoms with E-state index in [1.54, 1.807) is 24.8 Å². The third-order valence-electron chi connectivity index (χ3n) is 8.10. The summed E-state index contributed by atoms with van der Waals surface area (Å²) in [6.07, 6.45) is 2.86. The van der Waals surface area contributed by atoms with E-state index < -0.39 is 22.7 Å². The molecule has 4 rings (SSSR count). The van der Waals surface area contributed by atoms with Gasteiger partial charge in [0, 0.05) is 18.0 Å². The Morgan fingerprint density at radius 3 is 2.45 bits per heavy atom. The van der Waals surface area contributed by atoms with Crippen LogP contribution in [0.15, 0.2) is 34.9 Å². The molecule has 204 valence electrons. The van der Waals surface area contributed by atoms with E-state index in [2.05, 4.69) is 36.0 Å². The number of nitrogens with zero attached hydrogens (tertiary/aromatic N) is 4. The molecule has 0 aliphatic heterocycles. The van der Waals surface area contributed by atoms with Crippen LogP contribution in [0.2, 0.25) is 0 Å². The van der Waals surface area contributed by atoms with Crippen LogP contribution < -0.4 is 0 Å². The van der Waals surface area contributed by atoms with E-state index in [0.717, 1.165) is 24.1 Å². The van der Waals surface area contributed by atoms with Gasteiger partial charge in [0.15, 0.2) is 5.69 Å². The number of hydrogen-bond acceptors (Lipinski definition) is 6. The van der Waals surface area contributed by atoms with Crippen LogP contribution in [0, 0.1) is 17.6 Å². The zero-order valence-corrected chi connectivity index (χ0v) is 23.0. The number of hydrogen-bond donors (Lipinski definition) is 1. The fourth-order valence-electron chi connectivity index (χ4n) is 5.86. The second-order valence-corrected chi connectivity index (χ2v) is 11.1. The van der Waals surface area contributed by atoms with Crippen LogP contribution >= 0.6 is 0 Å². The highest BCUT2D eigenvalue weighted by molar-refractivity contribution is 5.92. The van der Waals surface area contributed by atoms with Gasteiger partial charge in [-0.25, -0.2) is 13.8 Å². The summed E-state index contributed by atoms with van der Waals surface area (Å²) in [5, 5.41) is 19.2. The first kappa shape index (κ1) is 27.8. The van der Waals surface area contributed by atoms with Crippen molar-refractivity contribution in [2.24, 2.45) is 5.92 Å². The number of fused-ring (bicyclic) bond motifs is 1. The molecule has 1 N–H and O–H groups in total. The Balaban J connectivity index is 1.80. The molecule has 0 spiro atoms. The first-order valence-electron chi connectivity index (χ1n) is 13.1. The van der Waals surface area contributed by atoms with Crippen LogP contribution in [0.3, 0.4) is 0 Å². The number of carbonyl (C=O) groups is 1. The van der Waals surface area contributed by atoms with E-state index in [-0.39, 0.29) is 46.6 Å². The van der Waals surface area contributed by atoms with Crippen molar-refractivity contribution in [3.05, 3.63) is 65.0 Å². The Morgan fingerprint density at radius 1 is 1.24 bits per heavy atom. The Bertz CT molecular complexity index is 1310. The van der Waals surface area contributed by atoms with Crippen molar-refractivity contribution < 1.29 is 23.1 Å². The second-order valence-electron chi connectivity index (χ2n) is 11.1. The Hall–Kier alpha value is -3.20. The molecular weight excluding hydrogens is 490 g/mol. The molecule has 3 atom stereocenters. The van der Waals surface area contributed by atoms with Gasteiger partial charge in [0.05, 0.1) is 17.0 Å². The van der Waals surface area contributed by atoms with Crippen LogP contribution in [0.25, 0.3) is 11.3 Å². The average Bonchev–Trinajstić information content (AvgIpc) is 3.36. The Labute approximate surface area is 222 Å². The zero-order valence-electron chi connectivity index (χ0n) is 23.0. The van der Waals surface area contributed by atoms with Crippen molar-refractivity contribution in [1.29, 1.82) is 0 Å². The van der Waals surface area contributed by atoms with Crippen molar-refractivity contribution in [2.45, 2.75) is 84.3 Å². The lowest BCUT2D eigenvalue weighted by atomic mass is 9.60. The lowest BCUT2D eigenvalue weighted by Crippen LogP contribution is -2.56. The summed E-state index contributed by atoms with van der Waals surface area (Å²) in [5.74, 6) is -1.45. The Kier molecular flexibility index (Phi) is 7.45. The van der Waals surface area contributed by atoms with E-state index in [1.165, 1.54) is 24.5 Å². The molecule has 1 aliphatic carbocycles. The molecule has 0 bridgehead atoms. The number of aliphatic hydroxyl groups is 1. The molecule has 2 heterocycles. The summed E-state index contributed by atoms with van der Waals surface area (Å²) in [4.78, 5) is 19.7. The van der Waals surface area contributed by atoms with E-state index in [1.807, 2.05) is 13.8 Å². The summed E-state index contributed by atoms with van der Waals surface area (Å²) in [6.45, 7) is 13.7. The monoisotopic (exact) mass is 526 g/mol. The van der Waals surface area contributed by atoms with Crippen molar-refractivity contribution in [3.8, 4) is 11.3 Å². The van der Waals surface area contributed by atoms with Gasteiger partial charge in [-0.2, -0.15) is 10.2 Å². The largest absolute Gasteiger partial charge is 0.445 e. The minimum atomic E-state index is -1.32. The van der Waals surface area contributed by atoms with Gasteiger partial charge in [0.25, 0.3) is 5.91 Å². The first-order valence-corrected chi connectivity index (χ1v) is 13.1. The summed E-state index contributed by atoms with van der Waals surface area (Å²) in [5.41, 5.74) is -0.150. The highest BCUT2D eigenvalue weighted by Gasteiger charge is 2.50. The molecular formula is C29H36F2N4O3. The highest BCUT2D eigenvalue weighted by Crippen LogP contribution is 2.50. The van der Waals surface area contributed by atoms with Crippen LogP contribution in [-0.2, 0) is 11.0 Å². The molecule has 7 nitrogen and oxygen atoms in total. The summed E-state index contributed by atoms with van der Waals surface area (Å²) >= 11 is 0. The topological polar surface area (TPSA) is 92.4 Å². The van der Waals surface area contributed by atoms with Gasteiger partial charge >= 0.3 is 0 Å². The van der Waals surface area contributed by atoms with E-state index in [4.69, 9.17) is 4.42 Å². The van der Waals surface area contributed by atoms with E-state index in [9.17, 15) is 18.7 Å². The van der Waals surface area contributed by atoms with Gasteiger partial charge in [-0.15, -0.1) is 0 Å². The molecule has 9 heteroatoms. The normalized spacial score (nSPS) is 20.3. The molecule has 0 unspecified atom stereocenters. The maximum atomic E-state index is 14.6. The van der Waals surface area contributed by atoms with Crippen LogP contribution in [0.1, 0.15) is 94.9 Å². The van der Waals surface area contributed by atoms with Gasteiger partial charge in [-0.05, 0) is 76.1 Å². The van der Waals surface area contributed by atoms with Crippen LogP contribution in [0.4, 0.5) is 8.78 Å². The van der Waals surface area contributed by atoms with Gasteiger partial charge in [0.2, 0.25) is 5.89 Å². The SMILES string of the molecule is CCN(C(=O)c1coc(C(C)(C)O)n1)[C@@H](C)[C@@]1(C(C)C)CC[C@H](C)c2cc(-c3c(F)cccc3F)nnc21. The molecule has 3 aromatic rings. The predicted molar refractivity (Wildman–Crippen MR) is 139 cm³/mol. The molecule has 1 aliphatic rings. The van der Waals surface area contributed by atoms with Gasteiger partial charge in [0.1, 0.15) is 23.5 Å². The number of likely N-dealkylation sites (N-methyl/N-ethyl adjacent to an activating group) is 1. The minimum Gasteiger partial charge on any atom is -0.445 e. The quantitative estimate of drug-likeness (QED) is 0.407. The first-order chi connectivity index (χ1) is 17.8. The lowest BCUT2D eigenvalue weighted by molar-refractivity contribution is 0.0468. The van der Waals surface area contributed by atoms with Crippen LogP contribution in [0.5, 0.6) is 0 Å². The molecule has 0 saturated heterocycles. The molecule has 1 amide bonds. The minimum absolute atomic E-state index is 0.0683. The van der Waals surface area contributed by atoms with Crippen molar-refractivity contribution in [1.82, 2.24) is 20.1 Å². The van der Waals surface area contributed by atoms with Gasteiger partial charge in [-0.3, -0.25) is 4.79 Å². The van der Waals surface area contributed by atoms with Crippen LogP contribution in [-0.4, -0.2) is 43.7 Å². The predicted octanol–water partition coefficient (Wildman–Crippen LogP) is 5.98. The number of halogens is 2. The van der Waals surface area contributed by atoms with Gasteiger partial charge in [-0.1, -0.05) is 26.8 Å². The fourth-order valence-corrected chi connectivity index (χ4v) is 5.86. The summed E-state index contributed by atoms with van der Waals surface area (Å²) in [7, 11) is 0. The molecule has 0 saturated carbocycles. The molecule has 38 heavy (non-hydrogen) atoms. The highest BCUT2D eigenvalue weighted by atomic mass is 19.1. The standard InChI is InChI=1S/C29H36F2N4O3/c1-8-35(26(36)23-15-38-27(32-23)28(6,7)37)18(5)29(16(2)3)13-12-17(4)19-14-22(33-34-25(19)29)24-20(30)10-9-11-21(24)31/h9-11,14-18,37H,8,12-13H2,1-7H3/t17-,18-,29-/m0/s1. The molecule has 1 aromatic carbocycles. The number of benzene rings is 1. The van der Waals surface area contributed by atoms with Gasteiger partial charge < -0.3 is 14.4 Å². The third-order valence-corrected chi connectivity index (χ3v) is 8.10. The second kappa shape index (κ2) is 10.2. The number of carbonyl (C=O) groups excluding carboxylic acids is 1. The number of oxazole rings is 1. The van der Waals surface area contributed by atoms with Crippen molar-refractivity contribution in [2.75, 3.05) is 6.54 Å². The van der Waals surface area contributed by atoms with Crippen molar-refractivity contribution >= 4 is 5.91 Å². The number of aromatic nitrogens is 3. The molecule has 0 radical (unpaired) electrons.